The molecule has 1 aliphatic rings. The van der Waals surface area contributed by atoms with E-state index in [-0.39, 0.29) is 5.82 Å². The third-order valence-electron chi connectivity index (χ3n) is 3.75. The average molecular weight is 290 g/mol. The summed E-state index contributed by atoms with van der Waals surface area (Å²) < 4.78 is 19.0. The van der Waals surface area contributed by atoms with Gasteiger partial charge < -0.3 is 9.42 Å². The molecule has 0 spiro atoms. The van der Waals surface area contributed by atoms with E-state index in [0.29, 0.717) is 18.1 Å². The van der Waals surface area contributed by atoms with Gasteiger partial charge >= 0.3 is 0 Å². The minimum absolute atomic E-state index is 0.157. The summed E-state index contributed by atoms with van der Waals surface area (Å²) in [5.41, 5.74) is 0.684. The third-order valence-corrected chi connectivity index (χ3v) is 3.75. The summed E-state index contributed by atoms with van der Waals surface area (Å²) in [4.78, 5) is 8.66. The van der Waals surface area contributed by atoms with Gasteiger partial charge in [0, 0.05) is 32.6 Å². The van der Waals surface area contributed by atoms with Crippen molar-refractivity contribution in [2.24, 2.45) is 0 Å². The normalized spacial score (nSPS) is 16.4. The lowest BCUT2D eigenvalue weighted by atomic mass is 10.2. The van der Waals surface area contributed by atoms with Crippen molar-refractivity contribution < 1.29 is 8.91 Å². The minimum atomic E-state index is -0.157. The molecule has 3 rings (SSSR count). The van der Waals surface area contributed by atoms with Crippen LogP contribution in [0.25, 0.3) is 0 Å². The molecule has 0 aliphatic carbocycles. The Morgan fingerprint density at radius 1 is 1.19 bits per heavy atom. The lowest BCUT2D eigenvalue weighted by Gasteiger charge is -2.35. The van der Waals surface area contributed by atoms with Crippen LogP contribution in [0.15, 0.2) is 28.8 Å². The van der Waals surface area contributed by atoms with E-state index >= 15 is 0 Å². The van der Waals surface area contributed by atoms with Gasteiger partial charge in [0.1, 0.15) is 5.82 Å². The Bertz CT molecular complexity index is 593. The van der Waals surface area contributed by atoms with Crippen LogP contribution in [-0.4, -0.2) is 41.2 Å². The monoisotopic (exact) mass is 290 g/mol. The van der Waals surface area contributed by atoms with Crippen LogP contribution in [0.4, 0.5) is 10.1 Å². The van der Waals surface area contributed by atoms with Crippen molar-refractivity contribution in [1.82, 2.24) is 15.0 Å². The van der Waals surface area contributed by atoms with Crippen LogP contribution in [0.5, 0.6) is 0 Å². The van der Waals surface area contributed by atoms with E-state index in [1.54, 1.807) is 6.07 Å². The zero-order valence-electron chi connectivity index (χ0n) is 12.1. The first-order valence-corrected chi connectivity index (χ1v) is 7.29. The van der Waals surface area contributed by atoms with Crippen molar-refractivity contribution in [3.05, 3.63) is 41.8 Å². The largest absolute Gasteiger partial charge is 0.367 e. The number of rotatable bonds is 4. The fourth-order valence-corrected chi connectivity index (χ4v) is 2.54. The van der Waals surface area contributed by atoms with Gasteiger partial charge in [0.15, 0.2) is 5.82 Å². The van der Waals surface area contributed by atoms with Crippen LogP contribution in [-0.2, 0) is 13.0 Å². The molecule has 0 amide bonds. The predicted molar refractivity (Wildman–Crippen MR) is 77.6 cm³/mol. The number of anilines is 1. The van der Waals surface area contributed by atoms with Gasteiger partial charge in [-0.2, -0.15) is 4.98 Å². The molecule has 21 heavy (non-hydrogen) atoms. The molecular formula is C15H19FN4O. The zero-order valence-corrected chi connectivity index (χ0v) is 12.1. The highest BCUT2D eigenvalue weighted by molar-refractivity contribution is 5.47. The molecule has 112 valence electrons. The number of aryl methyl sites for hydroxylation is 1. The second kappa shape index (κ2) is 6.22. The standard InChI is InChI=1S/C15H19FN4O/c1-2-14-17-15(21-18-14)11-19-7-9-20(10-8-19)13-6-4-3-5-12(13)16/h3-6H,2,7-11H2,1H3. The summed E-state index contributed by atoms with van der Waals surface area (Å²) in [7, 11) is 0. The van der Waals surface area contributed by atoms with Crippen LogP contribution in [0.3, 0.4) is 0 Å². The van der Waals surface area contributed by atoms with Crippen LogP contribution in [0.2, 0.25) is 0 Å². The minimum Gasteiger partial charge on any atom is -0.367 e. The Labute approximate surface area is 123 Å². The maximum absolute atomic E-state index is 13.8. The first kappa shape index (κ1) is 14.0. The number of benzene rings is 1. The molecule has 0 unspecified atom stereocenters. The van der Waals surface area contributed by atoms with E-state index in [1.807, 2.05) is 19.1 Å². The van der Waals surface area contributed by atoms with E-state index in [1.165, 1.54) is 6.07 Å². The fraction of sp³-hybridized carbons (Fsp3) is 0.467. The van der Waals surface area contributed by atoms with Gasteiger partial charge in [0.25, 0.3) is 0 Å². The fourth-order valence-electron chi connectivity index (χ4n) is 2.54. The molecular weight excluding hydrogens is 271 g/mol. The van der Waals surface area contributed by atoms with Gasteiger partial charge in [0.2, 0.25) is 5.89 Å². The quantitative estimate of drug-likeness (QED) is 0.863. The molecule has 1 fully saturated rings. The van der Waals surface area contributed by atoms with E-state index in [4.69, 9.17) is 4.52 Å². The molecule has 2 heterocycles. The molecule has 0 N–H and O–H groups in total. The second-order valence-electron chi connectivity index (χ2n) is 5.17. The van der Waals surface area contributed by atoms with Crippen molar-refractivity contribution in [3.63, 3.8) is 0 Å². The molecule has 0 atom stereocenters. The number of aromatic nitrogens is 2. The van der Waals surface area contributed by atoms with Crippen LogP contribution in [0, 0.1) is 5.82 Å². The van der Waals surface area contributed by atoms with Gasteiger partial charge in [-0.25, -0.2) is 4.39 Å². The molecule has 1 aliphatic heterocycles. The number of hydrogen-bond acceptors (Lipinski definition) is 5. The van der Waals surface area contributed by atoms with Gasteiger partial charge in [-0.05, 0) is 12.1 Å². The average Bonchev–Trinajstić information content (AvgIpc) is 2.96. The SMILES string of the molecule is CCc1noc(CN2CCN(c3ccccc3F)CC2)n1. The Balaban J connectivity index is 1.56. The van der Waals surface area contributed by atoms with E-state index in [0.717, 1.165) is 38.4 Å². The summed E-state index contributed by atoms with van der Waals surface area (Å²) in [5.74, 6) is 1.25. The van der Waals surface area contributed by atoms with Crippen molar-refractivity contribution in [2.45, 2.75) is 19.9 Å². The number of para-hydroxylation sites is 1. The van der Waals surface area contributed by atoms with Crippen LogP contribution < -0.4 is 4.90 Å². The first-order valence-electron chi connectivity index (χ1n) is 7.29. The molecule has 0 bridgehead atoms. The van der Waals surface area contributed by atoms with E-state index < -0.39 is 0 Å². The maximum Gasteiger partial charge on any atom is 0.240 e. The number of nitrogens with zero attached hydrogens (tertiary/aromatic N) is 4. The van der Waals surface area contributed by atoms with E-state index in [9.17, 15) is 4.39 Å². The highest BCUT2D eigenvalue weighted by Gasteiger charge is 2.20. The lowest BCUT2D eigenvalue weighted by Crippen LogP contribution is -2.46. The van der Waals surface area contributed by atoms with Crippen LogP contribution in [0.1, 0.15) is 18.6 Å². The first-order chi connectivity index (χ1) is 10.3. The van der Waals surface area contributed by atoms with Gasteiger partial charge in [-0.3, -0.25) is 4.90 Å². The second-order valence-corrected chi connectivity index (χ2v) is 5.17. The highest BCUT2D eigenvalue weighted by atomic mass is 19.1. The lowest BCUT2D eigenvalue weighted by molar-refractivity contribution is 0.215. The molecule has 0 saturated carbocycles. The molecule has 0 radical (unpaired) electrons. The molecule has 6 heteroatoms. The third kappa shape index (κ3) is 3.21. The predicted octanol–water partition coefficient (Wildman–Crippen LogP) is 2.09. The van der Waals surface area contributed by atoms with Crippen molar-refractivity contribution in [1.29, 1.82) is 0 Å². The number of piperazine rings is 1. The summed E-state index contributed by atoms with van der Waals surface area (Å²) in [5, 5.41) is 3.90. The molecule has 1 aromatic carbocycles. The van der Waals surface area contributed by atoms with Crippen molar-refractivity contribution in [3.8, 4) is 0 Å². The summed E-state index contributed by atoms with van der Waals surface area (Å²) >= 11 is 0. The van der Waals surface area contributed by atoms with Crippen LogP contribution >= 0.6 is 0 Å². The highest BCUT2D eigenvalue weighted by Crippen LogP contribution is 2.20. The topological polar surface area (TPSA) is 45.4 Å². The van der Waals surface area contributed by atoms with Gasteiger partial charge in [-0.1, -0.05) is 24.2 Å². The number of halogens is 1. The van der Waals surface area contributed by atoms with Crippen molar-refractivity contribution >= 4 is 5.69 Å². The number of hydrogen-bond donors (Lipinski definition) is 0. The Morgan fingerprint density at radius 2 is 1.95 bits per heavy atom. The molecule has 1 saturated heterocycles. The van der Waals surface area contributed by atoms with E-state index in [2.05, 4.69) is 19.9 Å². The Hall–Kier alpha value is -1.95. The summed E-state index contributed by atoms with van der Waals surface area (Å²) in [6.07, 6.45) is 0.782. The van der Waals surface area contributed by atoms with Crippen molar-refractivity contribution in [2.75, 3.05) is 31.1 Å². The molecule has 2 aromatic rings. The maximum atomic E-state index is 13.8. The zero-order chi connectivity index (χ0) is 14.7. The molecule has 5 nitrogen and oxygen atoms in total. The van der Waals surface area contributed by atoms with Gasteiger partial charge in [-0.15, -0.1) is 0 Å². The molecule has 1 aromatic heterocycles. The summed E-state index contributed by atoms with van der Waals surface area (Å²) in [6.45, 7) is 5.99. The summed E-state index contributed by atoms with van der Waals surface area (Å²) in [6, 6.07) is 6.93. The Morgan fingerprint density at radius 3 is 2.62 bits per heavy atom. The Kier molecular flexibility index (Phi) is 4.15. The van der Waals surface area contributed by atoms with Gasteiger partial charge in [0.05, 0.1) is 12.2 Å². The smallest absolute Gasteiger partial charge is 0.240 e.